The van der Waals surface area contributed by atoms with Gasteiger partial charge in [0.25, 0.3) is 0 Å². The molecule has 1 aromatic carbocycles. The van der Waals surface area contributed by atoms with Crippen molar-refractivity contribution in [3.05, 3.63) is 35.1 Å². The van der Waals surface area contributed by atoms with Gasteiger partial charge in [0.1, 0.15) is 11.9 Å². The van der Waals surface area contributed by atoms with E-state index in [0.29, 0.717) is 25.0 Å². The lowest BCUT2D eigenvalue weighted by Crippen LogP contribution is -2.19. The van der Waals surface area contributed by atoms with Crippen LogP contribution in [-0.2, 0) is 10.9 Å². The highest BCUT2D eigenvalue weighted by atomic mass is 19.4. The van der Waals surface area contributed by atoms with Crippen molar-refractivity contribution in [2.45, 2.75) is 96.8 Å². The number of unbranched alkanes of at least 4 members (excludes halogenated alkanes) is 7. The van der Waals surface area contributed by atoms with Crippen molar-refractivity contribution in [3.63, 3.8) is 0 Å². The molecule has 6 heteroatoms. The minimum Gasteiger partial charge on any atom is -0.459 e. The molecule has 0 aliphatic carbocycles. The second-order valence-electron chi connectivity index (χ2n) is 7.27. The quantitative estimate of drug-likeness (QED) is 0.191. The van der Waals surface area contributed by atoms with Gasteiger partial charge in [-0.2, -0.15) is 13.2 Å². The number of esters is 1. The molecule has 0 aliphatic heterocycles. The van der Waals surface area contributed by atoms with Crippen LogP contribution in [0.3, 0.4) is 0 Å². The van der Waals surface area contributed by atoms with Gasteiger partial charge in [0, 0.05) is 0 Å². The van der Waals surface area contributed by atoms with E-state index >= 15 is 0 Å². The molecule has 1 rings (SSSR count). The molecule has 0 fully saturated rings. The van der Waals surface area contributed by atoms with Gasteiger partial charge in [-0.1, -0.05) is 58.8 Å². The van der Waals surface area contributed by atoms with Crippen LogP contribution >= 0.6 is 0 Å². The van der Waals surface area contributed by atoms with E-state index < -0.39 is 23.5 Å². The van der Waals surface area contributed by atoms with E-state index in [1.54, 1.807) is 0 Å². The van der Waals surface area contributed by atoms with Crippen molar-refractivity contribution in [2.24, 2.45) is 0 Å². The summed E-state index contributed by atoms with van der Waals surface area (Å²) in [5.41, 5.74) is -1.71. The summed E-state index contributed by atoms with van der Waals surface area (Å²) in [7, 11) is 0. The van der Waals surface area contributed by atoms with Gasteiger partial charge >= 0.3 is 12.1 Å². The number of rotatable bonds is 13. The number of alkyl halides is 3. The average molecular weight is 404 g/mol. The van der Waals surface area contributed by atoms with Crippen LogP contribution in [0.2, 0.25) is 0 Å². The molecule has 0 aromatic heterocycles. The van der Waals surface area contributed by atoms with Crippen LogP contribution in [-0.4, -0.2) is 12.1 Å². The van der Waals surface area contributed by atoms with E-state index in [-0.39, 0.29) is 11.7 Å². The van der Waals surface area contributed by atoms with Crippen LogP contribution in [0.25, 0.3) is 0 Å². The van der Waals surface area contributed by atoms with Gasteiger partial charge < -0.3 is 4.74 Å². The lowest BCUT2D eigenvalue weighted by molar-refractivity contribution is -0.140. The monoisotopic (exact) mass is 404 g/mol. The van der Waals surface area contributed by atoms with Crippen molar-refractivity contribution in [3.8, 4) is 0 Å². The maximum Gasteiger partial charge on any atom is 0.419 e. The molecule has 0 N–H and O–H groups in total. The Bertz CT molecular complexity index is 584. The van der Waals surface area contributed by atoms with Gasteiger partial charge in [-0.15, -0.1) is 0 Å². The van der Waals surface area contributed by atoms with Gasteiger partial charge in [0.15, 0.2) is 0 Å². The Morgan fingerprint density at radius 1 is 0.929 bits per heavy atom. The molecule has 0 amide bonds. The van der Waals surface area contributed by atoms with Crippen molar-refractivity contribution < 1.29 is 27.1 Å². The van der Waals surface area contributed by atoms with Crippen molar-refractivity contribution in [2.75, 3.05) is 0 Å². The Morgan fingerprint density at radius 2 is 1.46 bits per heavy atom. The molecule has 1 unspecified atom stereocenters. The van der Waals surface area contributed by atoms with Gasteiger partial charge in [0.05, 0.1) is 11.1 Å². The van der Waals surface area contributed by atoms with Gasteiger partial charge in [-0.25, -0.2) is 9.18 Å². The number of ether oxygens (including phenoxy) is 1. The van der Waals surface area contributed by atoms with E-state index in [0.717, 1.165) is 44.6 Å². The molecule has 28 heavy (non-hydrogen) atoms. The zero-order valence-electron chi connectivity index (χ0n) is 16.9. The summed E-state index contributed by atoms with van der Waals surface area (Å²) in [5.74, 6) is -2.21. The number of hydrogen-bond acceptors (Lipinski definition) is 2. The fourth-order valence-electron chi connectivity index (χ4n) is 3.13. The molecule has 2 nitrogen and oxygen atoms in total. The zero-order chi connectivity index (χ0) is 21.0. The maximum absolute atomic E-state index is 13.4. The van der Waals surface area contributed by atoms with Crippen molar-refractivity contribution in [1.82, 2.24) is 0 Å². The lowest BCUT2D eigenvalue weighted by Gasteiger charge is -2.18. The van der Waals surface area contributed by atoms with Gasteiger partial charge in [0.2, 0.25) is 0 Å². The predicted octanol–water partition coefficient (Wildman–Crippen LogP) is 7.70. The standard InChI is InChI=1S/C22H32F4O2/c1-3-5-7-8-9-11-13-18(12-10-6-4-2)28-21(27)17-14-15-20(23)19(16-17)22(24,25)26/h14-16,18H,3-13H2,1-2H3. The summed E-state index contributed by atoms with van der Waals surface area (Å²) in [5, 5.41) is 0. The van der Waals surface area contributed by atoms with E-state index in [4.69, 9.17) is 4.74 Å². The van der Waals surface area contributed by atoms with E-state index in [1.165, 1.54) is 19.3 Å². The zero-order valence-corrected chi connectivity index (χ0v) is 16.9. The van der Waals surface area contributed by atoms with E-state index in [9.17, 15) is 22.4 Å². The molecular weight excluding hydrogens is 372 g/mol. The molecule has 1 atom stereocenters. The summed E-state index contributed by atoms with van der Waals surface area (Å²) < 4.78 is 57.5. The van der Waals surface area contributed by atoms with Crippen molar-refractivity contribution >= 4 is 5.97 Å². The second-order valence-corrected chi connectivity index (χ2v) is 7.27. The second kappa shape index (κ2) is 12.8. The molecule has 0 aliphatic rings. The summed E-state index contributed by atoms with van der Waals surface area (Å²) in [6.07, 6.45) is 5.87. The summed E-state index contributed by atoms with van der Waals surface area (Å²) in [6.45, 7) is 4.23. The highest BCUT2D eigenvalue weighted by Crippen LogP contribution is 2.32. The topological polar surface area (TPSA) is 26.3 Å². The first-order valence-corrected chi connectivity index (χ1v) is 10.4. The van der Waals surface area contributed by atoms with Crippen LogP contribution in [0, 0.1) is 5.82 Å². The molecule has 0 bridgehead atoms. The third-order valence-corrected chi connectivity index (χ3v) is 4.79. The first kappa shape index (κ1) is 24.4. The van der Waals surface area contributed by atoms with E-state index in [2.05, 4.69) is 13.8 Å². The van der Waals surface area contributed by atoms with Gasteiger partial charge in [-0.3, -0.25) is 0 Å². The normalized spacial score (nSPS) is 12.8. The third kappa shape index (κ3) is 9.07. The highest BCUT2D eigenvalue weighted by molar-refractivity contribution is 5.89. The minimum atomic E-state index is -4.85. The average Bonchev–Trinajstić information content (AvgIpc) is 2.63. The van der Waals surface area contributed by atoms with Crippen LogP contribution in [0.5, 0.6) is 0 Å². The maximum atomic E-state index is 13.4. The molecule has 160 valence electrons. The number of benzene rings is 1. The molecule has 0 saturated heterocycles. The fourth-order valence-corrected chi connectivity index (χ4v) is 3.13. The molecule has 0 saturated carbocycles. The Morgan fingerprint density at radius 3 is 2.07 bits per heavy atom. The molecule has 0 heterocycles. The van der Waals surface area contributed by atoms with Crippen LogP contribution in [0.4, 0.5) is 17.6 Å². The number of carbonyl (C=O) groups is 1. The predicted molar refractivity (Wildman–Crippen MR) is 103 cm³/mol. The molecule has 0 radical (unpaired) electrons. The minimum absolute atomic E-state index is 0.267. The SMILES string of the molecule is CCCCCCCCC(CCCCC)OC(=O)c1ccc(F)c(C(F)(F)F)c1. The van der Waals surface area contributed by atoms with Crippen LogP contribution < -0.4 is 0 Å². The lowest BCUT2D eigenvalue weighted by atomic mass is 10.0. The first-order chi connectivity index (χ1) is 13.3. The molecule has 1 aromatic rings. The third-order valence-electron chi connectivity index (χ3n) is 4.79. The van der Waals surface area contributed by atoms with Gasteiger partial charge in [-0.05, 0) is 43.9 Å². The fraction of sp³-hybridized carbons (Fsp3) is 0.682. The molecular formula is C22H32F4O2. The summed E-state index contributed by atoms with van der Waals surface area (Å²) >= 11 is 0. The number of carbonyl (C=O) groups excluding carboxylic acids is 1. The smallest absolute Gasteiger partial charge is 0.419 e. The number of hydrogen-bond donors (Lipinski definition) is 0. The summed E-state index contributed by atoms with van der Waals surface area (Å²) in [6, 6.07) is 2.24. The summed E-state index contributed by atoms with van der Waals surface area (Å²) in [4.78, 5) is 12.3. The Kier molecular flexibility index (Phi) is 11.2. The highest BCUT2D eigenvalue weighted by Gasteiger charge is 2.35. The first-order valence-electron chi connectivity index (χ1n) is 10.4. The molecule has 0 spiro atoms. The van der Waals surface area contributed by atoms with Crippen LogP contribution in [0.1, 0.15) is 100 Å². The van der Waals surface area contributed by atoms with Crippen molar-refractivity contribution in [1.29, 1.82) is 0 Å². The Balaban J connectivity index is 2.68. The van der Waals surface area contributed by atoms with E-state index in [1.807, 2.05) is 0 Å². The Hall–Kier alpha value is -1.59. The largest absolute Gasteiger partial charge is 0.459 e. The Labute approximate surface area is 165 Å². The number of halogens is 4. The van der Waals surface area contributed by atoms with Crippen LogP contribution in [0.15, 0.2) is 18.2 Å².